The highest BCUT2D eigenvalue weighted by atomic mass is 16.3. The van der Waals surface area contributed by atoms with Crippen molar-refractivity contribution in [2.75, 3.05) is 19.6 Å². The summed E-state index contributed by atoms with van der Waals surface area (Å²) in [5, 5.41) is 10.8. The number of nitrogens with zero attached hydrogens (tertiary/aromatic N) is 1. The van der Waals surface area contributed by atoms with Crippen molar-refractivity contribution >= 4 is 0 Å². The van der Waals surface area contributed by atoms with Crippen LogP contribution in [0, 0.1) is 46.3 Å². The van der Waals surface area contributed by atoms with Crippen molar-refractivity contribution in [1.82, 2.24) is 4.90 Å². The van der Waals surface area contributed by atoms with Gasteiger partial charge in [-0.05, 0) is 124 Å². The molecule has 4 aliphatic rings. The standard InChI is InChI=1S/C36H65NO/c1-8-10-21-37(22-11-9-2)25-28-23-30-32-16-15-31(27(5)14-12-13-26(3)4)35(32,6)20-18-33(30)36(7)19-17-29(38)24-34(28)36/h26-27,29-33,38H,8-25H2,1-7H3/t27-,29+,30+,31-,32+,33+,35-,36-/m1/s1. The number of aliphatic hydroxyl groups is 1. The Labute approximate surface area is 237 Å². The van der Waals surface area contributed by atoms with E-state index in [-0.39, 0.29) is 6.10 Å². The van der Waals surface area contributed by atoms with Gasteiger partial charge in [-0.15, -0.1) is 0 Å². The first-order chi connectivity index (χ1) is 18.1. The van der Waals surface area contributed by atoms with Crippen LogP contribution in [0.2, 0.25) is 0 Å². The lowest BCUT2D eigenvalue weighted by molar-refractivity contribution is -0.0606. The monoisotopic (exact) mass is 528 g/mol. The van der Waals surface area contributed by atoms with Crippen LogP contribution in [0.4, 0.5) is 0 Å². The lowest BCUT2D eigenvalue weighted by Crippen LogP contribution is -2.52. The summed E-state index contributed by atoms with van der Waals surface area (Å²) >= 11 is 0. The van der Waals surface area contributed by atoms with Crippen molar-refractivity contribution in [1.29, 1.82) is 0 Å². The second-order valence-corrected chi connectivity index (χ2v) is 15.5. The highest BCUT2D eigenvalue weighted by Crippen LogP contribution is 2.68. The molecule has 0 bridgehead atoms. The molecule has 0 heterocycles. The highest BCUT2D eigenvalue weighted by molar-refractivity contribution is 5.32. The minimum absolute atomic E-state index is 0.110. The SMILES string of the molecule is CCCCN(CCCC)CC1=C2C[C@@H](O)CC[C@]2(C)[C@H]2CC[C@]3(C)[C@@H]([C@H](C)CCCC(C)C)CC[C@H]3[C@@H]2C1. The van der Waals surface area contributed by atoms with Crippen molar-refractivity contribution in [2.45, 2.75) is 151 Å². The smallest absolute Gasteiger partial charge is 0.0578 e. The second kappa shape index (κ2) is 13.1. The molecule has 0 spiro atoms. The van der Waals surface area contributed by atoms with Crippen LogP contribution < -0.4 is 0 Å². The molecule has 1 N–H and O–H groups in total. The predicted molar refractivity (Wildman–Crippen MR) is 164 cm³/mol. The van der Waals surface area contributed by atoms with E-state index in [1.54, 1.807) is 11.1 Å². The van der Waals surface area contributed by atoms with Crippen LogP contribution in [0.25, 0.3) is 0 Å². The fourth-order valence-electron chi connectivity index (χ4n) is 10.4. The lowest BCUT2D eigenvalue weighted by atomic mass is 9.46. The molecule has 38 heavy (non-hydrogen) atoms. The lowest BCUT2D eigenvalue weighted by Gasteiger charge is -2.59. The van der Waals surface area contributed by atoms with Crippen LogP contribution in [0.15, 0.2) is 11.1 Å². The van der Waals surface area contributed by atoms with Crippen molar-refractivity contribution in [3.8, 4) is 0 Å². The molecule has 3 fully saturated rings. The van der Waals surface area contributed by atoms with E-state index in [2.05, 4.69) is 53.4 Å². The first kappa shape index (κ1) is 30.6. The number of unbranched alkanes of at least 4 members (excludes halogenated alkanes) is 2. The Morgan fingerprint density at radius 3 is 2.21 bits per heavy atom. The molecule has 0 amide bonds. The summed E-state index contributed by atoms with van der Waals surface area (Å²) in [6.07, 6.45) is 19.7. The summed E-state index contributed by atoms with van der Waals surface area (Å²) in [6.45, 7) is 21.1. The van der Waals surface area contributed by atoms with Crippen molar-refractivity contribution in [3.05, 3.63) is 11.1 Å². The molecule has 2 nitrogen and oxygen atoms in total. The normalized spacial score (nSPS) is 37.9. The Bertz CT molecular complexity index is 778. The van der Waals surface area contributed by atoms with Gasteiger partial charge in [0.05, 0.1) is 6.10 Å². The van der Waals surface area contributed by atoms with E-state index in [0.29, 0.717) is 10.8 Å². The van der Waals surface area contributed by atoms with Gasteiger partial charge >= 0.3 is 0 Å². The van der Waals surface area contributed by atoms with Crippen LogP contribution in [0.3, 0.4) is 0 Å². The Morgan fingerprint density at radius 1 is 0.842 bits per heavy atom. The molecule has 0 unspecified atom stereocenters. The molecule has 8 atom stereocenters. The number of fused-ring (bicyclic) bond motifs is 5. The Morgan fingerprint density at radius 2 is 1.55 bits per heavy atom. The molecular weight excluding hydrogens is 462 g/mol. The molecule has 0 radical (unpaired) electrons. The van der Waals surface area contributed by atoms with Gasteiger partial charge in [-0.1, -0.05) is 91.7 Å². The molecule has 0 saturated heterocycles. The maximum Gasteiger partial charge on any atom is 0.0578 e. The van der Waals surface area contributed by atoms with E-state index in [9.17, 15) is 5.11 Å². The maximum atomic E-state index is 10.8. The van der Waals surface area contributed by atoms with Gasteiger partial charge in [0.1, 0.15) is 0 Å². The number of aliphatic hydroxyl groups excluding tert-OH is 1. The molecular formula is C36H65NO. The molecule has 0 aliphatic heterocycles. The van der Waals surface area contributed by atoms with Gasteiger partial charge in [0.2, 0.25) is 0 Å². The van der Waals surface area contributed by atoms with Crippen LogP contribution in [-0.4, -0.2) is 35.7 Å². The van der Waals surface area contributed by atoms with E-state index in [0.717, 1.165) is 48.3 Å². The van der Waals surface area contributed by atoms with E-state index >= 15 is 0 Å². The van der Waals surface area contributed by atoms with E-state index in [1.165, 1.54) is 103 Å². The summed E-state index contributed by atoms with van der Waals surface area (Å²) in [7, 11) is 0. The molecule has 4 aliphatic carbocycles. The number of hydrogen-bond donors (Lipinski definition) is 1. The second-order valence-electron chi connectivity index (χ2n) is 15.5. The van der Waals surface area contributed by atoms with Gasteiger partial charge in [0, 0.05) is 6.54 Å². The summed E-state index contributed by atoms with van der Waals surface area (Å²) in [6, 6.07) is 0. The fourth-order valence-corrected chi connectivity index (χ4v) is 10.4. The largest absolute Gasteiger partial charge is 0.393 e. The Hall–Kier alpha value is -0.340. The Kier molecular flexibility index (Phi) is 10.6. The third-order valence-corrected chi connectivity index (χ3v) is 12.6. The summed E-state index contributed by atoms with van der Waals surface area (Å²) < 4.78 is 0. The molecule has 3 saturated carbocycles. The van der Waals surface area contributed by atoms with E-state index in [1.807, 2.05) is 0 Å². The van der Waals surface area contributed by atoms with E-state index < -0.39 is 0 Å². The van der Waals surface area contributed by atoms with Crippen molar-refractivity contribution in [2.24, 2.45) is 46.3 Å². The average molecular weight is 528 g/mol. The van der Waals surface area contributed by atoms with Crippen molar-refractivity contribution < 1.29 is 5.11 Å². The summed E-state index contributed by atoms with van der Waals surface area (Å²) in [4.78, 5) is 2.80. The van der Waals surface area contributed by atoms with Gasteiger partial charge in [0.25, 0.3) is 0 Å². The summed E-state index contributed by atoms with van der Waals surface area (Å²) in [5.41, 5.74) is 4.38. The molecule has 220 valence electrons. The number of hydrogen-bond acceptors (Lipinski definition) is 2. The predicted octanol–water partition coefficient (Wildman–Crippen LogP) is 9.66. The molecule has 0 aromatic heterocycles. The highest BCUT2D eigenvalue weighted by Gasteiger charge is 2.60. The molecule has 4 rings (SSSR count). The van der Waals surface area contributed by atoms with Crippen molar-refractivity contribution in [3.63, 3.8) is 0 Å². The fraction of sp³-hybridized carbons (Fsp3) is 0.944. The molecule has 0 aromatic rings. The minimum atomic E-state index is -0.110. The first-order valence-electron chi connectivity index (χ1n) is 17.3. The first-order valence-corrected chi connectivity index (χ1v) is 17.3. The minimum Gasteiger partial charge on any atom is -0.393 e. The Balaban J connectivity index is 1.58. The van der Waals surface area contributed by atoms with E-state index in [4.69, 9.17) is 0 Å². The zero-order valence-electron chi connectivity index (χ0n) is 26.7. The molecule has 0 aromatic carbocycles. The van der Waals surface area contributed by atoms with Crippen LogP contribution in [0.5, 0.6) is 0 Å². The van der Waals surface area contributed by atoms with Gasteiger partial charge in [-0.25, -0.2) is 0 Å². The third kappa shape index (κ3) is 6.27. The topological polar surface area (TPSA) is 23.5 Å². The van der Waals surface area contributed by atoms with Crippen LogP contribution >= 0.6 is 0 Å². The summed E-state index contributed by atoms with van der Waals surface area (Å²) in [5.74, 6) is 5.30. The molecule has 2 heteroatoms. The average Bonchev–Trinajstić information content (AvgIpc) is 3.23. The van der Waals surface area contributed by atoms with Gasteiger partial charge < -0.3 is 5.11 Å². The van der Waals surface area contributed by atoms with Crippen LogP contribution in [-0.2, 0) is 0 Å². The zero-order valence-corrected chi connectivity index (χ0v) is 26.7. The third-order valence-electron chi connectivity index (χ3n) is 12.6. The number of rotatable bonds is 13. The maximum absolute atomic E-state index is 10.8. The quantitative estimate of drug-likeness (QED) is 0.241. The van der Waals surface area contributed by atoms with Gasteiger partial charge in [0.15, 0.2) is 0 Å². The van der Waals surface area contributed by atoms with Gasteiger partial charge in [-0.3, -0.25) is 4.90 Å². The van der Waals surface area contributed by atoms with Crippen LogP contribution in [0.1, 0.15) is 145 Å². The zero-order chi connectivity index (χ0) is 27.5. The van der Waals surface area contributed by atoms with Gasteiger partial charge in [-0.2, -0.15) is 0 Å².